The first-order valence-corrected chi connectivity index (χ1v) is 9.06. The van der Waals surface area contributed by atoms with Crippen molar-refractivity contribution in [3.8, 4) is 10.6 Å². The number of aromatic nitrogens is 1. The minimum atomic E-state index is -3.56. The predicted octanol–water partition coefficient (Wildman–Crippen LogP) is 1.72. The maximum Gasteiger partial charge on any atom is 0.252 e. The molecule has 0 spiro atoms. The van der Waals surface area contributed by atoms with Crippen molar-refractivity contribution in [1.29, 1.82) is 0 Å². The molecule has 0 saturated heterocycles. The molecule has 0 fully saturated rings. The maximum atomic E-state index is 12.5. The van der Waals surface area contributed by atoms with Crippen LogP contribution >= 0.6 is 11.3 Å². The Bertz CT molecular complexity index is 766. The van der Waals surface area contributed by atoms with Gasteiger partial charge in [0.2, 0.25) is 5.91 Å². The number of amides is 1. The predicted molar refractivity (Wildman–Crippen MR) is 87.5 cm³/mol. The quantitative estimate of drug-likeness (QED) is 0.575. The molecule has 0 aliphatic rings. The standard InChI is InChI=1S/C14H17N3O4S2/c1-3-13(18)16-7-4-8-17(2)23(19,20)14-6-5-12(22-14)11-9-15-10-21-11/h3,5-6,9-10H,1,4,7-8H2,2H3,(H,16,18). The van der Waals surface area contributed by atoms with Gasteiger partial charge in [-0.1, -0.05) is 6.58 Å². The summed E-state index contributed by atoms with van der Waals surface area (Å²) >= 11 is 1.13. The highest BCUT2D eigenvalue weighted by molar-refractivity contribution is 7.91. The first-order valence-electron chi connectivity index (χ1n) is 6.80. The van der Waals surface area contributed by atoms with E-state index in [-0.39, 0.29) is 10.1 Å². The second-order valence-corrected chi connectivity index (χ2v) is 8.02. The molecule has 0 aliphatic heterocycles. The fraction of sp³-hybridized carbons (Fsp3) is 0.286. The van der Waals surface area contributed by atoms with E-state index >= 15 is 0 Å². The molecule has 0 unspecified atom stereocenters. The van der Waals surface area contributed by atoms with E-state index in [0.29, 0.717) is 30.1 Å². The van der Waals surface area contributed by atoms with E-state index in [2.05, 4.69) is 16.9 Å². The molecule has 7 nitrogen and oxygen atoms in total. The van der Waals surface area contributed by atoms with E-state index in [1.807, 2.05) is 0 Å². The van der Waals surface area contributed by atoms with Crippen LogP contribution in [-0.4, -0.2) is 43.8 Å². The number of sulfonamides is 1. The lowest BCUT2D eigenvalue weighted by atomic mass is 10.4. The van der Waals surface area contributed by atoms with Gasteiger partial charge in [0.25, 0.3) is 10.0 Å². The highest BCUT2D eigenvalue weighted by Crippen LogP contribution is 2.31. The molecule has 9 heteroatoms. The molecule has 0 atom stereocenters. The Labute approximate surface area is 138 Å². The summed E-state index contributed by atoms with van der Waals surface area (Å²) in [6, 6.07) is 3.24. The van der Waals surface area contributed by atoms with E-state index in [9.17, 15) is 13.2 Å². The van der Waals surface area contributed by atoms with E-state index < -0.39 is 10.0 Å². The van der Waals surface area contributed by atoms with Crippen molar-refractivity contribution in [2.45, 2.75) is 10.6 Å². The van der Waals surface area contributed by atoms with Gasteiger partial charge in [-0.2, -0.15) is 0 Å². The van der Waals surface area contributed by atoms with Crippen LogP contribution < -0.4 is 5.32 Å². The van der Waals surface area contributed by atoms with Crippen LogP contribution in [-0.2, 0) is 14.8 Å². The van der Waals surface area contributed by atoms with Gasteiger partial charge in [-0.3, -0.25) is 4.79 Å². The van der Waals surface area contributed by atoms with Crippen LogP contribution in [0.2, 0.25) is 0 Å². The van der Waals surface area contributed by atoms with Crippen LogP contribution in [0.25, 0.3) is 10.6 Å². The van der Waals surface area contributed by atoms with Gasteiger partial charge in [-0.05, 0) is 24.6 Å². The fourth-order valence-electron chi connectivity index (χ4n) is 1.79. The number of hydrogen-bond donors (Lipinski definition) is 1. The molecule has 0 aliphatic carbocycles. The van der Waals surface area contributed by atoms with Gasteiger partial charge in [0, 0.05) is 20.1 Å². The molecule has 1 amide bonds. The molecule has 2 rings (SSSR count). The Balaban J connectivity index is 1.97. The van der Waals surface area contributed by atoms with E-state index in [4.69, 9.17) is 4.42 Å². The first-order chi connectivity index (χ1) is 10.9. The number of oxazole rings is 1. The minimum Gasteiger partial charge on any atom is -0.443 e. The summed E-state index contributed by atoms with van der Waals surface area (Å²) in [6.45, 7) is 4.04. The molecule has 2 aromatic heterocycles. The van der Waals surface area contributed by atoms with Crippen LogP contribution in [0.1, 0.15) is 6.42 Å². The molecular weight excluding hydrogens is 338 g/mol. The highest BCUT2D eigenvalue weighted by atomic mass is 32.2. The monoisotopic (exact) mass is 355 g/mol. The van der Waals surface area contributed by atoms with Gasteiger partial charge in [-0.15, -0.1) is 11.3 Å². The molecule has 2 heterocycles. The maximum absolute atomic E-state index is 12.5. The Morgan fingerprint density at radius 2 is 2.30 bits per heavy atom. The zero-order chi connectivity index (χ0) is 16.9. The summed E-state index contributed by atoms with van der Waals surface area (Å²) in [5.41, 5.74) is 0. The molecule has 0 aromatic carbocycles. The summed E-state index contributed by atoms with van der Waals surface area (Å²) in [5.74, 6) is 0.261. The third kappa shape index (κ3) is 4.27. The molecule has 0 radical (unpaired) electrons. The van der Waals surface area contributed by atoms with Crippen LogP contribution in [0.15, 0.2) is 46.0 Å². The summed E-state index contributed by atoms with van der Waals surface area (Å²) in [4.78, 5) is 15.5. The largest absolute Gasteiger partial charge is 0.443 e. The molecule has 0 saturated carbocycles. The number of hydrogen-bond acceptors (Lipinski definition) is 6. The average Bonchev–Trinajstić information content (AvgIpc) is 3.21. The number of nitrogens with one attached hydrogen (secondary N) is 1. The zero-order valence-corrected chi connectivity index (χ0v) is 14.2. The Morgan fingerprint density at radius 3 is 2.96 bits per heavy atom. The van der Waals surface area contributed by atoms with E-state index in [1.54, 1.807) is 12.1 Å². The molecule has 23 heavy (non-hydrogen) atoms. The highest BCUT2D eigenvalue weighted by Gasteiger charge is 2.23. The van der Waals surface area contributed by atoms with Crippen molar-refractivity contribution >= 4 is 27.3 Å². The summed E-state index contributed by atoms with van der Waals surface area (Å²) in [7, 11) is -2.05. The topological polar surface area (TPSA) is 92.5 Å². The van der Waals surface area contributed by atoms with Crippen molar-refractivity contribution in [1.82, 2.24) is 14.6 Å². The second kappa shape index (κ2) is 7.53. The molecule has 2 aromatic rings. The second-order valence-electron chi connectivity index (χ2n) is 4.66. The van der Waals surface area contributed by atoms with Crippen molar-refractivity contribution in [3.63, 3.8) is 0 Å². The van der Waals surface area contributed by atoms with E-state index in [1.165, 1.54) is 30.0 Å². The van der Waals surface area contributed by atoms with Crippen LogP contribution in [0.4, 0.5) is 0 Å². The number of rotatable bonds is 8. The molecular formula is C14H17N3O4S2. The zero-order valence-electron chi connectivity index (χ0n) is 12.6. The summed E-state index contributed by atoms with van der Waals surface area (Å²) < 4.78 is 31.6. The SMILES string of the molecule is C=CC(=O)NCCCN(C)S(=O)(=O)c1ccc(-c2cnco2)s1. The fourth-order valence-corrected chi connectivity index (χ4v) is 4.47. The normalized spacial score (nSPS) is 11.6. The Hall–Kier alpha value is -1.97. The third-order valence-corrected chi connectivity index (χ3v) is 6.48. The smallest absolute Gasteiger partial charge is 0.252 e. The summed E-state index contributed by atoms with van der Waals surface area (Å²) in [6.07, 6.45) is 4.52. The third-order valence-electron chi connectivity index (χ3n) is 3.06. The van der Waals surface area contributed by atoms with E-state index in [0.717, 1.165) is 11.3 Å². The van der Waals surface area contributed by atoms with Crippen LogP contribution in [0, 0.1) is 0 Å². The van der Waals surface area contributed by atoms with Crippen molar-refractivity contribution < 1.29 is 17.6 Å². The van der Waals surface area contributed by atoms with Gasteiger partial charge < -0.3 is 9.73 Å². The Kier molecular flexibility index (Phi) is 5.69. The lowest BCUT2D eigenvalue weighted by Gasteiger charge is -2.15. The van der Waals surface area contributed by atoms with Gasteiger partial charge in [0.05, 0.1) is 11.1 Å². The lowest BCUT2D eigenvalue weighted by molar-refractivity contribution is -0.116. The lowest BCUT2D eigenvalue weighted by Crippen LogP contribution is -2.30. The number of carbonyl (C=O) groups excluding carboxylic acids is 1. The molecule has 1 N–H and O–H groups in total. The average molecular weight is 355 g/mol. The number of carbonyl (C=O) groups is 1. The summed E-state index contributed by atoms with van der Waals surface area (Å²) in [5, 5.41) is 2.61. The van der Waals surface area contributed by atoms with Crippen molar-refractivity contribution in [2.24, 2.45) is 0 Å². The van der Waals surface area contributed by atoms with Crippen molar-refractivity contribution in [3.05, 3.63) is 37.4 Å². The van der Waals surface area contributed by atoms with Gasteiger partial charge in [0.1, 0.15) is 4.21 Å². The van der Waals surface area contributed by atoms with Gasteiger partial charge in [-0.25, -0.2) is 17.7 Å². The van der Waals surface area contributed by atoms with Crippen LogP contribution in [0.3, 0.4) is 0 Å². The van der Waals surface area contributed by atoms with Crippen molar-refractivity contribution in [2.75, 3.05) is 20.1 Å². The minimum absolute atomic E-state index is 0.238. The first kappa shape index (κ1) is 17.4. The number of thiophene rings is 1. The molecule has 0 bridgehead atoms. The van der Waals surface area contributed by atoms with Gasteiger partial charge in [0.15, 0.2) is 12.2 Å². The number of nitrogens with zero attached hydrogens (tertiary/aromatic N) is 2. The Morgan fingerprint density at radius 1 is 1.52 bits per heavy atom. The van der Waals surface area contributed by atoms with Gasteiger partial charge >= 0.3 is 0 Å². The van der Waals surface area contributed by atoms with Crippen LogP contribution in [0.5, 0.6) is 0 Å². The molecule has 124 valence electrons.